The van der Waals surface area contributed by atoms with Crippen LogP contribution in [0.5, 0.6) is 0 Å². The summed E-state index contributed by atoms with van der Waals surface area (Å²) in [6, 6.07) is 2.95. The zero-order chi connectivity index (χ0) is 12.7. The van der Waals surface area contributed by atoms with Crippen LogP contribution in [-0.4, -0.2) is 23.1 Å². The van der Waals surface area contributed by atoms with Gasteiger partial charge in [-0.2, -0.15) is 5.26 Å². The molecule has 0 spiro atoms. The lowest BCUT2D eigenvalue weighted by molar-refractivity contribution is 0.299. The second-order valence-corrected chi connectivity index (χ2v) is 5.95. The maximum Gasteiger partial charge on any atom is 0.0998 e. The Bertz CT molecular complexity index is 295. The van der Waals surface area contributed by atoms with Gasteiger partial charge in [-0.3, -0.25) is 4.67 Å². The largest absolute Gasteiger partial charge is 0.473 e. The van der Waals surface area contributed by atoms with Crippen LogP contribution in [0.15, 0.2) is 11.8 Å². The predicted molar refractivity (Wildman–Crippen MR) is 72.6 cm³/mol. The van der Waals surface area contributed by atoms with Crippen molar-refractivity contribution in [2.24, 2.45) is 0 Å². The summed E-state index contributed by atoms with van der Waals surface area (Å²) in [5.41, 5.74) is 0.945. The zero-order valence-corrected chi connectivity index (χ0v) is 11.9. The third kappa shape index (κ3) is 5.39. The number of hydrogen-bond donors (Lipinski definition) is 0. The molecule has 0 bridgehead atoms. The molecule has 0 saturated carbocycles. The van der Waals surface area contributed by atoms with Gasteiger partial charge in [-0.15, -0.1) is 0 Å². The summed E-state index contributed by atoms with van der Waals surface area (Å²) in [5.74, 6) is 0. The molecule has 0 N–H and O–H groups in total. The highest BCUT2D eigenvalue weighted by Crippen LogP contribution is 2.33. The van der Waals surface area contributed by atoms with Crippen LogP contribution in [-0.2, 0) is 4.52 Å². The lowest BCUT2D eigenvalue weighted by Gasteiger charge is -2.32. The van der Waals surface area contributed by atoms with Gasteiger partial charge in [0.25, 0.3) is 0 Å². The molecule has 1 atom stereocenters. The van der Waals surface area contributed by atoms with Crippen molar-refractivity contribution in [1.29, 1.82) is 5.26 Å². The summed E-state index contributed by atoms with van der Waals surface area (Å²) in [4.78, 5) is 0. The van der Waals surface area contributed by atoms with Gasteiger partial charge in [-0.1, -0.05) is 6.30 Å². The number of rotatable bonds is 6. The second-order valence-electron chi connectivity index (χ2n) is 4.41. The molecule has 0 aromatic heterocycles. The fourth-order valence-electron chi connectivity index (χ4n) is 1.57. The number of nitriles is 1. The van der Waals surface area contributed by atoms with Crippen molar-refractivity contribution < 1.29 is 4.52 Å². The van der Waals surface area contributed by atoms with E-state index in [1.54, 1.807) is 6.26 Å². The topological polar surface area (TPSA) is 36.3 Å². The lowest BCUT2D eigenvalue weighted by atomic mass is 10.3. The Balaban J connectivity index is 4.45. The van der Waals surface area contributed by atoms with Gasteiger partial charge in [0.05, 0.1) is 26.7 Å². The van der Waals surface area contributed by atoms with Crippen LogP contribution in [0.4, 0.5) is 0 Å². The first-order chi connectivity index (χ1) is 7.40. The van der Waals surface area contributed by atoms with Crippen LogP contribution in [0.1, 0.15) is 41.0 Å². The highest BCUT2D eigenvalue weighted by Gasteiger charge is 2.15. The maximum atomic E-state index is 8.52. The molecule has 4 heteroatoms. The molecule has 0 aliphatic heterocycles. The van der Waals surface area contributed by atoms with Crippen LogP contribution in [0, 0.1) is 11.3 Å². The Morgan fingerprint density at radius 3 is 2.31 bits per heavy atom. The lowest BCUT2D eigenvalue weighted by Crippen LogP contribution is -2.30. The molecule has 0 amide bonds. The quantitative estimate of drug-likeness (QED) is 0.529. The molecule has 0 rings (SSSR count). The molecule has 0 aromatic rings. The average Bonchev–Trinajstić information content (AvgIpc) is 2.14. The van der Waals surface area contributed by atoms with Gasteiger partial charge < -0.3 is 4.52 Å². The van der Waals surface area contributed by atoms with E-state index in [0.717, 1.165) is 5.57 Å². The monoisotopic (exact) mass is 242 g/mol. The standard InChI is InChI=1S/C12H23N2OP/c1-10(2)14(11(3)4)16(6)15-9-12(5)7-8-13/h9-11,16H,6-7H2,1-5H3/b12-9+. The highest BCUT2D eigenvalue weighted by molar-refractivity contribution is 7.48. The first-order valence-electron chi connectivity index (χ1n) is 5.56. The predicted octanol–water partition coefficient (Wildman–Crippen LogP) is 3.42. The van der Waals surface area contributed by atoms with E-state index < -0.39 is 7.92 Å². The molecule has 0 saturated heterocycles. The third-order valence-corrected chi connectivity index (χ3v) is 4.15. The van der Waals surface area contributed by atoms with Crippen LogP contribution >= 0.6 is 7.92 Å². The van der Waals surface area contributed by atoms with Crippen molar-refractivity contribution in [2.45, 2.75) is 53.1 Å². The molecule has 92 valence electrons. The van der Waals surface area contributed by atoms with Gasteiger partial charge in [0, 0.05) is 12.1 Å². The number of nitrogens with zero attached hydrogens (tertiary/aromatic N) is 2. The van der Waals surface area contributed by atoms with E-state index in [1.807, 2.05) is 6.92 Å². The molecule has 0 aliphatic rings. The van der Waals surface area contributed by atoms with E-state index >= 15 is 0 Å². The van der Waals surface area contributed by atoms with Crippen molar-refractivity contribution in [3.63, 3.8) is 0 Å². The summed E-state index contributed by atoms with van der Waals surface area (Å²) in [7, 11) is -1.24. The van der Waals surface area contributed by atoms with Gasteiger partial charge >= 0.3 is 0 Å². The minimum absolute atomic E-state index is 0.415. The maximum absolute atomic E-state index is 8.52. The van der Waals surface area contributed by atoms with Crippen molar-refractivity contribution in [2.75, 3.05) is 0 Å². The molecular formula is C12H23N2OP. The van der Waals surface area contributed by atoms with E-state index in [0.29, 0.717) is 18.5 Å². The first-order valence-corrected chi connectivity index (χ1v) is 7.12. The molecule has 0 heterocycles. The molecule has 1 unspecified atom stereocenters. The molecule has 16 heavy (non-hydrogen) atoms. The number of hydrogen-bond acceptors (Lipinski definition) is 3. The molecule has 0 fully saturated rings. The van der Waals surface area contributed by atoms with E-state index in [9.17, 15) is 0 Å². The summed E-state index contributed by atoms with van der Waals surface area (Å²) < 4.78 is 7.92. The molecule has 0 aromatic carbocycles. The molecule has 0 radical (unpaired) electrons. The van der Waals surface area contributed by atoms with Gasteiger partial charge in [0.15, 0.2) is 0 Å². The Morgan fingerprint density at radius 1 is 1.44 bits per heavy atom. The normalized spacial score (nSPS) is 14.3. The summed E-state index contributed by atoms with van der Waals surface area (Å²) in [6.07, 6.45) is 6.19. The van der Waals surface area contributed by atoms with Crippen molar-refractivity contribution in [3.05, 3.63) is 11.8 Å². The van der Waals surface area contributed by atoms with E-state index in [1.165, 1.54) is 0 Å². The Hall–Kier alpha value is -0.710. The Labute approximate surface area is 100 Å². The minimum Gasteiger partial charge on any atom is -0.473 e. The summed E-state index contributed by atoms with van der Waals surface area (Å²) >= 11 is 0. The molecule has 3 nitrogen and oxygen atoms in total. The fourth-order valence-corrected chi connectivity index (χ4v) is 3.18. The van der Waals surface area contributed by atoms with E-state index in [4.69, 9.17) is 9.79 Å². The molecule has 0 aliphatic carbocycles. The Morgan fingerprint density at radius 2 is 1.94 bits per heavy atom. The van der Waals surface area contributed by atoms with Crippen LogP contribution in [0.2, 0.25) is 0 Å². The van der Waals surface area contributed by atoms with Gasteiger partial charge in [-0.25, -0.2) is 0 Å². The second kappa shape index (κ2) is 7.54. The summed E-state index contributed by atoms with van der Waals surface area (Å²) in [5, 5.41) is 8.52. The third-order valence-electron chi connectivity index (χ3n) is 2.15. The zero-order valence-electron chi connectivity index (χ0n) is 10.9. The number of allylic oxidation sites excluding steroid dienone is 1. The van der Waals surface area contributed by atoms with E-state index in [2.05, 4.69) is 44.7 Å². The van der Waals surface area contributed by atoms with Crippen LogP contribution in [0.25, 0.3) is 0 Å². The molecular weight excluding hydrogens is 219 g/mol. The van der Waals surface area contributed by atoms with Gasteiger partial charge in [0.2, 0.25) is 0 Å². The fraction of sp³-hybridized carbons (Fsp3) is 0.667. The van der Waals surface area contributed by atoms with Gasteiger partial charge in [-0.05, 0) is 40.2 Å². The SMILES string of the molecule is C=[PH](O/C=C(\C)CC#N)N(C(C)C)C(C)C. The summed E-state index contributed by atoms with van der Waals surface area (Å²) in [6.45, 7) is 10.5. The minimum atomic E-state index is -1.24. The first kappa shape index (κ1) is 15.3. The van der Waals surface area contributed by atoms with Crippen LogP contribution in [0.3, 0.4) is 0 Å². The average molecular weight is 242 g/mol. The highest BCUT2D eigenvalue weighted by atomic mass is 31.1. The van der Waals surface area contributed by atoms with Crippen molar-refractivity contribution >= 4 is 14.2 Å². The smallest absolute Gasteiger partial charge is 0.0998 e. The van der Waals surface area contributed by atoms with E-state index in [-0.39, 0.29) is 0 Å². The van der Waals surface area contributed by atoms with Crippen molar-refractivity contribution in [1.82, 2.24) is 4.67 Å². The van der Waals surface area contributed by atoms with Crippen LogP contribution < -0.4 is 0 Å². The Kier molecular flexibility index (Phi) is 7.21. The van der Waals surface area contributed by atoms with Gasteiger partial charge in [0.1, 0.15) is 0 Å². The van der Waals surface area contributed by atoms with Crippen molar-refractivity contribution in [3.8, 4) is 6.07 Å².